The molecule has 2 fully saturated rings. The molecule has 0 bridgehead atoms. The fourth-order valence-electron chi connectivity index (χ4n) is 5.93. The summed E-state index contributed by atoms with van der Waals surface area (Å²) in [5.41, 5.74) is -0.652. The summed E-state index contributed by atoms with van der Waals surface area (Å²) in [4.78, 5) is 57.3. The molecule has 238 valence electrons. The number of alkyl halides is 3. The lowest BCUT2D eigenvalue weighted by atomic mass is 9.97. The van der Waals surface area contributed by atoms with Crippen LogP contribution in [0.3, 0.4) is 0 Å². The maximum Gasteiger partial charge on any atom is 0.418 e. The predicted octanol–water partition coefficient (Wildman–Crippen LogP) is 5.50. The van der Waals surface area contributed by atoms with Crippen LogP contribution in [-0.2, 0) is 27.0 Å². The second-order valence-corrected chi connectivity index (χ2v) is 11.8. The third-order valence-electron chi connectivity index (χ3n) is 8.05. The molecule has 1 aromatic carbocycles. The summed E-state index contributed by atoms with van der Waals surface area (Å²) in [7, 11) is 0. The molecule has 4 amide bonds. The minimum absolute atomic E-state index is 0.0179. The number of piperazine rings is 1. The summed E-state index contributed by atoms with van der Waals surface area (Å²) in [6, 6.07) is 5.21. The molecule has 10 nitrogen and oxygen atoms in total. The first-order valence-electron chi connectivity index (χ1n) is 14.9. The van der Waals surface area contributed by atoms with Gasteiger partial charge in [-0.05, 0) is 60.4 Å². The number of hydrogen-bond acceptors (Lipinski definition) is 5. The molecule has 1 saturated carbocycles. The van der Waals surface area contributed by atoms with Crippen LogP contribution >= 0.6 is 0 Å². The number of halogens is 3. The zero-order valence-corrected chi connectivity index (χ0v) is 24.8. The Morgan fingerprint density at radius 3 is 2.48 bits per heavy atom. The van der Waals surface area contributed by atoms with Gasteiger partial charge in [0.1, 0.15) is 11.9 Å². The molecule has 0 spiro atoms. The number of aromatic nitrogens is 1. The Balaban J connectivity index is 1.48. The van der Waals surface area contributed by atoms with E-state index in [1.807, 2.05) is 19.9 Å². The zero-order valence-electron chi connectivity index (χ0n) is 24.8. The Labute approximate surface area is 254 Å². The molecule has 4 rings (SSSR count). The van der Waals surface area contributed by atoms with Gasteiger partial charge in [-0.1, -0.05) is 38.8 Å². The highest BCUT2D eigenvalue weighted by Gasteiger charge is 2.38. The number of rotatable bonds is 10. The fourth-order valence-corrected chi connectivity index (χ4v) is 5.93. The molecule has 3 N–H and O–H groups in total. The maximum absolute atomic E-state index is 14.1. The Bertz CT molecular complexity index is 1380. The molecule has 2 aliphatic rings. The number of amides is 4. The molecule has 2 heterocycles. The van der Waals surface area contributed by atoms with E-state index in [1.165, 1.54) is 22.1 Å². The Morgan fingerprint density at radius 2 is 1.82 bits per heavy atom. The van der Waals surface area contributed by atoms with Gasteiger partial charge in [-0.3, -0.25) is 19.7 Å². The van der Waals surface area contributed by atoms with Gasteiger partial charge < -0.3 is 20.2 Å². The lowest BCUT2D eigenvalue weighted by Crippen LogP contribution is -2.59. The number of nitrogens with one attached hydrogen (secondary N) is 2. The molecule has 1 unspecified atom stereocenters. The summed E-state index contributed by atoms with van der Waals surface area (Å²) >= 11 is 0. The summed E-state index contributed by atoms with van der Waals surface area (Å²) in [6.07, 6.45) is 0.434. The highest BCUT2D eigenvalue weighted by Crippen LogP contribution is 2.38. The van der Waals surface area contributed by atoms with Crippen molar-refractivity contribution in [2.45, 2.75) is 76.9 Å². The molecular weight excluding hydrogens is 579 g/mol. The third kappa shape index (κ3) is 8.26. The van der Waals surface area contributed by atoms with Crippen LogP contribution in [0.15, 0.2) is 36.5 Å². The molecule has 13 heteroatoms. The lowest BCUT2D eigenvalue weighted by Gasteiger charge is -2.41. The maximum atomic E-state index is 14.1. The van der Waals surface area contributed by atoms with Crippen molar-refractivity contribution in [2.75, 3.05) is 30.3 Å². The predicted molar refractivity (Wildman–Crippen MR) is 157 cm³/mol. The molecule has 1 atom stereocenters. The van der Waals surface area contributed by atoms with E-state index in [2.05, 4.69) is 15.6 Å². The largest absolute Gasteiger partial charge is 0.481 e. The fraction of sp³-hybridized carbons (Fsp3) is 0.516. The smallest absolute Gasteiger partial charge is 0.418 e. The zero-order chi connectivity index (χ0) is 32.0. The Morgan fingerprint density at radius 1 is 1.09 bits per heavy atom. The summed E-state index contributed by atoms with van der Waals surface area (Å²) < 4.78 is 42.4. The number of carbonyl (C=O) groups excluding carboxylic acids is 3. The van der Waals surface area contributed by atoms with Crippen molar-refractivity contribution in [1.29, 1.82) is 0 Å². The van der Waals surface area contributed by atoms with Gasteiger partial charge in [0.05, 0.1) is 24.1 Å². The van der Waals surface area contributed by atoms with Crippen molar-refractivity contribution in [3.63, 3.8) is 0 Å². The van der Waals surface area contributed by atoms with Crippen LogP contribution in [0.5, 0.6) is 0 Å². The number of hydrogen-bond donors (Lipinski definition) is 3. The lowest BCUT2D eigenvalue weighted by molar-refractivity contribution is -0.152. The van der Waals surface area contributed by atoms with Gasteiger partial charge in [0.25, 0.3) is 0 Å². The number of carboxylic acid groups (broad SMARTS) is 1. The van der Waals surface area contributed by atoms with Crippen molar-refractivity contribution in [2.24, 2.45) is 5.92 Å². The molecule has 1 saturated heterocycles. The first-order valence-corrected chi connectivity index (χ1v) is 14.9. The number of urea groups is 1. The van der Waals surface area contributed by atoms with E-state index >= 15 is 0 Å². The van der Waals surface area contributed by atoms with E-state index in [-0.39, 0.29) is 55.8 Å². The highest BCUT2D eigenvalue weighted by molar-refractivity contribution is 6.00. The van der Waals surface area contributed by atoms with E-state index in [9.17, 15) is 32.3 Å². The molecule has 1 aliphatic carbocycles. The minimum atomic E-state index is -4.83. The van der Waals surface area contributed by atoms with Crippen molar-refractivity contribution >= 4 is 35.3 Å². The van der Waals surface area contributed by atoms with Crippen molar-refractivity contribution in [3.05, 3.63) is 53.2 Å². The van der Waals surface area contributed by atoms with Gasteiger partial charge >= 0.3 is 18.2 Å². The Kier molecular flexibility index (Phi) is 10.5. The van der Waals surface area contributed by atoms with Crippen LogP contribution in [0, 0.1) is 5.92 Å². The van der Waals surface area contributed by atoms with E-state index in [0.29, 0.717) is 12.2 Å². The first-order chi connectivity index (χ1) is 20.8. The second kappa shape index (κ2) is 14.1. The second-order valence-electron chi connectivity index (χ2n) is 11.8. The van der Waals surface area contributed by atoms with Crippen LogP contribution in [0.4, 0.5) is 29.5 Å². The van der Waals surface area contributed by atoms with E-state index in [1.54, 1.807) is 6.07 Å². The van der Waals surface area contributed by atoms with Gasteiger partial charge in [-0.2, -0.15) is 13.2 Å². The molecular formula is C31H38F3N5O5. The number of benzene rings is 1. The SMILES string of the molecule is CC(C)CC1C(=O)N(CCC(=O)O)CCN1C(=O)Cc1ccc(NC(=O)Nc2ncccc2C2CCCC2)c(C(F)(F)F)c1. The monoisotopic (exact) mass is 617 g/mol. The third-order valence-corrected chi connectivity index (χ3v) is 8.05. The van der Waals surface area contributed by atoms with Crippen LogP contribution in [-0.4, -0.2) is 69.4 Å². The topological polar surface area (TPSA) is 132 Å². The van der Waals surface area contributed by atoms with Gasteiger partial charge in [0.15, 0.2) is 0 Å². The first kappa shape index (κ1) is 32.7. The normalized spacial score (nSPS) is 17.7. The number of carboxylic acids is 1. The number of nitrogens with zero attached hydrogens (tertiary/aromatic N) is 3. The van der Waals surface area contributed by atoms with Crippen LogP contribution in [0.1, 0.15) is 75.0 Å². The van der Waals surface area contributed by atoms with Gasteiger partial charge in [0, 0.05) is 25.8 Å². The molecule has 1 aromatic heterocycles. The van der Waals surface area contributed by atoms with Crippen LogP contribution in [0.25, 0.3) is 0 Å². The summed E-state index contributed by atoms with van der Waals surface area (Å²) in [5, 5.41) is 13.9. The van der Waals surface area contributed by atoms with Gasteiger partial charge in [0.2, 0.25) is 11.8 Å². The van der Waals surface area contributed by atoms with E-state index in [0.717, 1.165) is 43.4 Å². The van der Waals surface area contributed by atoms with Crippen LogP contribution < -0.4 is 10.6 Å². The van der Waals surface area contributed by atoms with Crippen molar-refractivity contribution in [3.8, 4) is 0 Å². The van der Waals surface area contributed by atoms with E-state index < -0.39 is 41.4 Å². The molecule has 0 radical (unpaired) electrons. The number of anilines is 2. The molecule has 1 aliphatic heterocycles. The minimum Gasteiger partial charge on any atom is -0.481 e. The average Bonchev–Trinajstić information content (AvgIpc) is 3.48. The number of aliphatic carboxylic acids is 1. The van der Waals surface area contributed by atoms with Gasteiger partial charge in [-0.15, -0.1) is 0 Å². The number of carbonyl (C=O) groups is 4. The van der Waals surface area contributed by atoms with Gasteiger partial charge in [-0.25, -0.2) is 9.78 Å². The van der Waals surface area contributed by atoms with E-state index in [4.69, 9.17) is 5.11 Å². The molecule has 44 heavy (non-hydrogen) atoms. The standard InChI is InChI=1S/C31H38F3N5O5/c1-19(2)16-25-29(43)38(13-11-27(41)42)14-15-39(25)26(40)18-20-9-10-24(23(17-20)31(32,33)34)36-30(44)37-28-22(8-5-12-35-28)21-6-3-4-7-21/h5,8-10,12,17,19,21,25H,3-4,6-7,11,13-16,18H2,1-2H3,(H,41,42)(H2,35,36,37,44). The quantitative estimate of drug-likeness (QED) is 0.323. The van der Waals surface area contributed by atoms with Crippen LogP contribution in [0.2, 0.25) is 0 Å². The highest BCUT2D eigenvalue weighted by atomic mass is 19.4. The van der Waals surface area contributed by atoms with Crippen molar-refractivity contribution in [1.82, 2.24) is 14.8 Å². The number of pyridine rings is 1. The van der Waals surface area contributed by atoms with Crippen molar-refractivity contribution < 1.29 is 37.5 Å². The molecule has 2 aromatic rings. The summed E-state index contributed by atoms with van der Waals surface area (Å²) in [5.74, 6) is -1.36. The summed E-state index contributed by atoms with van der Waals surface area (Å²) in [6.45, 7) is 4.06. The Hall–Kier alpha value is -4.16. The average molecular weight is 618 g/mol.